The number of aromatic nitrogens is 2. The van der Waals surface area contributed by atoms with Gasteiger partial charge >= 0.3 is 0 Å². The average Bonchev–Trinajstić information content (AvgIpc) is 2.42. The number of hydrogen-bond acceptors (Lipinski definition) is 3. The Morgan fingerprint density at radius 1 is 1.21 bits per heavy atom. The van der Waals surface area contributed by atoms with E-state index in [2.05, 4.69) is 51.1 Å². The van der Waals surface area contributed by atoms with Crippen LogP contribution in [-0.4, -0.2) is 17.0 Å². The number of nitrogens with zero attached hydrogens (tertiary/aromatic N) is 2. The highest BCUT2D eigenvalue weighted by Crippen LogP contribution is 2.24. The summed E-state index contributed by atoms with van der Waals surface area (Å²) in [7, 11) is 1.88. The second kappa shape index (κ2) is 6.15. The molecule has 0 bridgehead atoms. The van der Waals surface area contributed by atoms with Crippen molar-refractivity contribution in [1.29, 1.82) is 0 Å². The maximum atomic E-state index is 4.65. The van der Waals surface area contributed by atoms with Gasteiger partial charge in [-0.2, -0.15) is 0 Å². The number of halogens is 1. The normalized spacial score (nSPS) is 10.5. The number of benzene rings is 1. The lowest BCUT2D eigenvalue weighted by atomic mass is 10.1. The van der Waals surface area contributed by atoms with Crippen LogP contribution in [0, 0.1) is 6.92 Å². The van der Waals surface area contributed by atoms with Gasteiger partial charge < -0.3 is 5.32 Å². The van der Waals surface area contributed by atoms with Crippen LogP contribution < -0.4 is 5.32 Å². The lowest BCUT2D eigenvalue weighted by molar-refractivity contribution is 0.876. The van der Waals surface area contributed by atoms with Crippen molar-refractivity contribution >= 4 is 21.7 Å². The molecule has 1 aromatic heterocycles. The third-order valence-corrected chi connectivity index (χ3v) is 3.85. The third kappa shape index (κ3) is 3.32. The smallest absolute Gasteiger partial charge is 0.161 e. The van der Waals surface area contributed by atoms with Crippen LogP contribution in [0.2, 0.25) is 0 Å². The molecular formula is C15H18BrN3. The molecule has 0 saturated carbocycles. The molecule has 0 unspecified atom stereocenters. The number of hydrogen-bond donors (Lipinski definition) is 1. The van der Waals surface area contributed by atoms with E-state index in [1.165, 1.54) is 5.56 Å². The second-order valence-electron chi connectivity index (χ2n) is 4.53. The van der Waals surface area contributed by atoms with Gasteiger partial charge in [-0.25, -0.2) is 9.97 Å². The highest BCUT2D eigenvalue weighted by Gasteiger charge is 2.07. The van der Waals surface area contributed by atoms with Gasteiger partial charge in [-0.05, 0) is 31.0 Å². The predicted molar refractivity (Wildman–Crippen MR) is 83.4 cm³/mol. The van der Waals surface area contributed by atoms with Crippen LogP contribution in [0.15, 0.2) is 28.7 Å². The Balaban J connectivity index is 2.47. The lowest BCUT2D eigenvalue weighted by Crippen LogP contribution is -2.01. The van der Waals surface area contributed by atoms with Crippen molar-refractivity contribution in [2.75, 3.05) is 12.4 Å². The fraction of sp³-hybridized carbons (Fsp3) is 0.333. The second-order valence-corrected chi connectivity index (χ2v) is 5.39. The molecule has 100 valence electrons. The Morgan fingerprint density at radius 3 is 2.63 bits per heavy atom. The van der Waals surface area contributed by atoms with Crippen molar-refractivity contribution in [2.24, 2.45) is 0 Å². The summed E-state index contributed by atoms with van der Waals surface area (Å²) in [6, 6.07) is 8.20. The first-order valence-electron chi connectivity index (χ1n) is 6.46. The molecule has 0 aliphatic carbocycles. The van der Waals surface area contributed by atoms with E-state index in [0.717, 1.165) is 40.2 Å². The summed E-state index contributed by atoms with van der Waals surface area (Å²) in [5.41, 5.74) is 3.32. The average molecular weight is 320 g/mol. The van der Waals surface area contributed by atoms with Crippen LogP contribution in [0.4, 0.5) is 5.82 Å². The summed E-state index contributed by atoms with van der Waals surface area (Å²) in [5, 5.41) is 3.10. The molecular weight excluding hydrogens is 302 g/mol. The Bertz CT molecular complexity index is 582. The standard InChI is InChI=1S/C15H18BrN3/c1-4-5-12-9-14(17-3)19-15(18-12)11-6-7-13(16)10(2)8-11/h6-9H,4-5H2,1-3H3,(H,17,18,19). The minimum atomic E-state index is 0.783. The summed E-state index contributed by atoms with van der Waals surface area (Å²) in [5.74, 6) is 1.65. The van der Waals surface area contributed by atoms with Gasteiger partial charge in [0, 0.05) is 28.8 Å². The molecule has 0 aliphatic heterocycles. The van der Waals surface area contributed by atoms with E-state index in [1.807, 2.05) is 25.2 Å². The first kappa shape index (κ1) is 14.0. The molecule has 0 spiro atoms. The number of aryl methyl sites for hydroxylation is 2. The first-order chi connectivity index (χ1) is 9.13. The summed E-state index contributed by atoms with van der Waals surface area (Å²) in [4.78, 5) is 9.18. The fourth-order valence-corrected chi connectivity index (χ4v) is 2.17. The van der Waals surface area contributed by atoms with Gasteiger partial charge in [-0.1, -0.05) is 35.3 Å². The topological polar surface area (TPSA) is 37.8 Å². The molecule has 3 nitrogen and oxygen atoms in total. The zero-order chi connectivity index (χ0) is 13.8. The number of nitrogens with one attached hydrogen (secondary N) is 1. The van der Waals surface area contributed by atoms with Gasteiger partial charge in [0.1, 0.15) is 5.82 Å². The molecule has 0 atom stereocenters. The molecule has 1 N–H and O–H groups in total. The van der Waals surface area contributed by atoms with Gasteiger partial charge in [0.15, 0.2) is 5.82 Å². The summed E-state index contributed by atoms with van der Waals surface area (Å²) >= 11 is 3.52. The summed E-state index contributed by atoms with van der Waals surface area (Å²) in [6.07, 6.45) is 2.05. The van der Waals surface area contributed by atoms with Crippen molar-refractivity contribution in [3.63, 3.8) is 0 Å². The molecule has 2 rings (SSSR count). The molecule has 2 aromatic rings. The maximum Gasteiger partial charge on any atom is 0.161 e. The fourth-order valence-electron chi connectivity index (χ4n) is 1.92. The Labute approximate surface area is 122 Å². The van der Waals surface area contributed by atoms with Gasteiger partial charge in [-0.3, -0.25) is 0 Å². The van der Waals surface area contributed by atoms with Crippen molar-refractivity contribution in [3.8, 4) is 11.4 Å². The van der Waals surface area contributed by atoms with E-state index < -0.39 is 0 Å². The predicted octanol–water partition coefficient (Wildman–Crippen LogP) is 4.21. The zero-order valence-electron chi connectivity index (χ0n) is 11.5. The minimum absolute atomic E-state index is 0.783. The molecule has 4 heteroatoms. The molecule has 0 radical (unpaired) electrons. The Kier molecular flexibility index (Phi) is 4.53. The SMILES string of the molecule is CCCc1cc(NC)nc(-c2ccc(Br)c(C)c2)n1. The largest absolute Gasteiger partial charge is 0.373 e. The Morgan fingerprint density at radius 2 is 2.00 bits per heavy atom. The Hall–Kier alpha value is -1.42. The molecule has 0 aliphatic rings. The van der Waals surface area contributed by atoms with Crippen LogP contribution in [-0.2, 0) is 6.42 Å². The lowest BCUT2D eigenvalue weighted by Gasteiger charge is -2.08. The molecule has 0 amide bonds. The third-order valence-electron chi connectivity index (χ3n) is 2.96. The number of anilines is 1. The quantitative estimate of drug-likeness (QED) is 0.917. The molecule has 1 aromatic carbocycles. The van der Waals surface area contributed by atoms with Crippen LogP contribution in [0.5, 0.6) is 0 Å². The summed E-state index contributed by atoms with van der Waals surface area (Å²) in [6.45, 7) is 4.23. The van der Waals surface area contributed by atoms with Gasteiger partial charge in [0.2, 0.25) is 0 Å². The van der Waals surface area contributed by atoms with E-state index in [4.69, 9.17) is 0 Å². The van der Waals surface area contributed by atoms with E-state index in [9.17, 15) is 0 Å². The van der Waals surface area contributed by atoms with Crippen molar-refractivity contribution < 1.29 is 0 Å². The van der Waals surface area contributed by atoms with Crippen LogP contribution in [0.3, 0.4) is 0 Å². The van der Waals surface area contributed by atoms with Crippen molar-refractivity contribution in [1.82, 2.24) is 9.97 Å². The molecule has 1 heterocycles. The molecule has 19 heavy (non-hydrogen) atoms. The molecule has 0 fully saturated rings. The van der Waals surface area contributed by atoms with E-state index >= 15 is 0 Å². The van der Waals surface area contributed by atoms with E-state index in [1.54, 1.807) is 0 Å². The number of rotatable bonds is 4. The van der Waals surface area contributed by atoms with Crippen molar-refractivity contribution in [3.05, 3.63) is 40.0 Å². The highest BCUT2D eigenvalue weighted by molar-refractivity contribution is 9.10. The first-order valence-corrected chi connectivity index (χ1v) is 7.25. The monoisotopic (exact) mass is 319 g/mol. The summed E-state index contributed by atoms with van der Waals surface area (Å²) < 4.78 is 1.11. The molecule has 0 saturated heterocycles. The van der Waals surface area contributed by atoms with Crippen LogP contribution in [0.1, 0.15) is 24.6 Å². The zero-order valence-corrected chi connectivity index (χ0v) is 13.1. The van der Waals surface area contributed by atoms with Gasteiger partial charge in [0.25, 0.3) is 0 Å². The van der Waals surface area contributed by atoms with Gasteiger partial charge in [0.05, 0.1) is 0 Å². The van der Waals surface area contributed by atoms with Crippen molar-refractivity contribution in [2.45, 2.75) is 26.7 Å². The van der Waals surface area contributed by atoms with Gasteiger partial charge in [-0.15, -0.1) is 0 Å². The highest BCUT2D eigenvalue weighted by atomic mass is 79.9. The minimum Gasteiger partial charge on any atom is -0.373 e. The van der Waals surface area contributed by atoms with E-state index in [0.29, 0.717) is 0 Å². The maximum absolute atomic E-state index is 4.65. The van der Waals surface area contributed by atoms with Crippen LogP contribution in [0.25, 0.3) is 11.4 Å². The van der Waals surface area contributed by atoms with Crippen LogP contribution >= 0.6 is 15.9 Å². The van der Waals surface area contributed by atoms with E-state index in [-0.39, 0.29) is 0 Å².